The monoisotopic (exact) mass is 280 g/mol. The lowest BCUT2D eigenvalue weighted by Crippen LogP contribution is -2.50. The maximum atomic E-state index is 3.77. The molecular weight excluding hydrogens is 244 g/mol. The van der Waals surface area contributed by atoms with Crippen LogP contribution in [-0.2, 0) is 0 Å². The molecule has 1 N–H and O–H groups in total. The van der Waals surface area contributed by atoms with Crippen LogP contribution < -0.4 is 5.32 Å². The van der Waals surface area contributed by atoms with Gasteiger partial charge in [-0.1, -0.05) is 40.0 Å². The van der Waals surface area contributed by atoms with Crippen molar-refractivity contribution in [1.82, 2.24) is 10.2 Å². The lowest BCUT2D eigenvalue weighted by Gasteiger charge is -2.43. The highest BCUT2D eigenvalue weighted by molar-refractivity contribution is 4.87. The molecule has 1 aliphatic carbocycles. The van der Waals surface area contributed by atoms with Gasteiger partial charge in [0.2, 0.25) is 0 Å². The number of hydrogen-bond donors (Lipinski definition) is 1. The van der Waals surface area contributed by atoms with Gasteiger partial charge in [0.1, 0.15) is 0 Å². The Morgan fingerprint density at radius 2 is 1.80 bits per heavy atom. The molecule has 118 valence electrons. The van der Waals surface area contributed by atoms with Crippen LogP contribution in [0.25, 0.3) is 0 Å². The van der Waals surface area contributed by atoms with Crippen molar-refractivity contribution in [3.05, 3.63) is 0 Å². The van der Waals surface area contributed by atoms with Gasteiger partial charge in [-0.25, -0.2) is 0 Å². The molecule has 5 unspecified atom stereocenters. The summed E-state index contributed by atoms with van der Waals surface area (Å²) >= 11 is 0. The smallest absolute Gasteiger partial charge is 0.0107 e. The first kappa shape index (κ1) is 16.3. The minimum absolute atomic E-state index is 0.766. The molecule has 2 heteroatoms. The van der Waals surface area contributed by atoms with Gasteiger partial charge in [-0.05, 0) is 50.5 Å². The highest BCUT2D eigenvalue weighted by Crippen LogP contribution is 2.30. The molecule has 0 aromatic heterocycles. The molecule has 0 amide bonds. The van der Waals surface area contributed by atoms with Crippen molar-refractivity contribution < 1.29 is 0 Å². The predicted molar refractivity (Wildman–Crippen MR) is 88.0 cm³/mol. The maximum absolute atomic E-state index is 3.77. The zero-order valence-corrected chi connectivity index (χ0v) is 14.2. The molecule has 2 fully saturated rings. The summed E-state index contributed by atoms with van der Waals surface area (Å²) in [5.41, 5.74) is 0. The van der Waals surface area contributed by atoms with Gasteiger partial charge in [0.15, 0.2) is 0 Å². The van der Waals surface area contributed by atoms with Crippen molar-refractivity contribution >= 4 is 0 Å². The number of rotatable bonds is 4. The summed E-state index contributed by atoms with van der Waals surface area (Å²) in [6.07, 6.45) is 8.56. The summed E-state index contributed by atoms with van der Waals surface area (Å²) in [5.74, 6) is 2.61. The van der Waals surface area contributed by atoms with Gasteiger partial charge < -0.3 is 5.32 Å². The summed E-state index contributed by atoms with van der Waals surface area (Å²) in [6.45, 7) is 13.4. The average molecular weight is 280 g/mol. The third kappa shape index (κ3) is 4.21. The van der Waals surface area contributed by atoms with Crippen LogP contribution in [0.2, 0.25) is 0 Å². The predicted octanol–water partition coefficient (Wildman–Crippen LogP) is 3.91. The number of piperidine rings is 1. The maximum Gasteiger partial charge on any atom is 0.0107 e. The van der Waals surface area contributed by atoms with Gasteiger partial charge in [0.05, 0.1) is 0 Å². The van der Waals surface area contributed by atoms with Crippen LogP contribution in [0.5, 0.6) is 0 Å². The zero-order chi connectivity index (χ0) is 14.5. The van der Waals surface area contributed by atoms with Crippen molar-refractivity contribution in [2.75, 3.05) is 19.6 Å². The summed E-state index contributed by atoms with van der Waals surface area (Å²) in [4.78, 5) is 2.80. The van der Waals surface area contributed by atoms with Gasteiger partial charge in [-0.3, -0.25) is 4.90 Å². The summed E-state index contributed by atoms with van der Waals surface area (Å²) < 4.78 is 0. The van der Waals surface area contributed by atoms with Crippen molar-refractivity contribution in [3.8, 4) is 0 Å². The van der Waals surface area contributed by atoms with E-state index in [0.29, 0.717) is 0 Å². The topological polar surface area (TPSA) is 15.3 Å². The van der Waals surface area contributed by atoms with E-state index in [0.717, 1.165) is 36.4 Å². The van der Waals surface area contributed by atoms with Gasteiger partial charge in [-0.2, -0.15) is 0 Å². The largest absolute Gasteiger partial charge is 0.314 e. The fourth-order valence-electron chi connectivity index (χ4n) is 4.51. The third-order valence-electron chi connectivity index (χ3n) is 5.81. The van der Waals surface area contributed by atoms with Crippen LogP contribution >= 0.6 is 0 Å². The Morgan fingerprint density at radius 3 is 2.55 bits per heavy atom. The Kier molecular flexibility index (Phi) is 6.35. The zero-order valence-electron chi connectivity index (χ0n) is 14.2. The van der Waals surface area contributed by atoms with Gasteiger partial charge >= 0.3 is 0 Å². The number of nitrogens with one attached hydrogen (secondary N) is 1. The third-order valence-corrected chi connectivity index (χ3v) is 5.81. The standard InChI is InChI=1S/C18H36N2/c1-5-19-18-10-8-6-7-9-17(18)13-20-12-14(2)11-15(3)16(20)4/h14-19H,5-13H2,1-4H3. The van der Waals surface area contributed by atoms with E-state index in [1.807, 2.05) is 0 Å². The lowest BCUT2D eigenvalue weighted by molar-refractivity contribution is 0.0568. The number of nitrogens with zero attached hydrogens (tertiary/aromatic N) is 1. The molecule has 1 aliphatic heterocycles. The highest BCUT2D eigenvalue weighted by Gasteiger charge is 2.32. The van der Waals surface area contributed by atoms with E-state index in [-0.39, 0.29) is 0 Å². The molecule has 0 spiro atoms. The van der Waals surface area contributed by atoms with E-state index in [1.54, 1.807) is 0 Å². The Bertz CT molecular complexity index is 279. The Labute approximate surface area is 126 Å². The molecule has 2 nitrogen and oxygen atoms in total. The van der Waals surface area contributed by atoms with E-state index in [4.69, 9.17) is 0 Å². The SMILES string of the molecule is CCNC1CCCCCC1CN1CC(C)CC(C)C1C. The molecule has 0 bridgehead atoms. The van der Waals surface area contributed by atoms with Crippen LogP contribution in [0, 0.1) is 17.8 Å². The second-order valence-electron chi connectivity index (χ2n) is 7.57. The average Bonchev–Trinajstić information content (AvgIpc) is 2.62. The second kappa shape index (κ2) is 7.79. The van der Waals surface area contributed by atoms with E-state index < -0.39 is 0 Å². The van der Waals surface area contributed by atoms with Crippen molar-refractivity contribution in [2.24, 2.45) is 17.8 Å². The van der Waals surface area contributed by atoms with E-state index in [2.05, 4.69) is 37.9 Å². The second-order valence-corrected chi connectivity index (χ2v) is 7.57. The quantitative estimate of drug-likeness (QED) is 0.785. The number of likely N-dealkylation sites (tertiary alicyclic amines) is 1. The van der Waals surface area contributed by atoms with Crippen LogP contribution in [0.15, 0.2) is 0 Å². The first-order valence-corrected chi connectivity index (χ1v) is 9.09. The van der Waals surface area contributed by atoms with E-state index in [9.17, 15) is 0 Å². The molecule has 0 radical (unpaired) electrons. The first-order valence-electron chi connectivity index (χ1n) is 9.09. The molecule has 1 heterocycles. The van der Waals surface area contributed by atoms with Gasteiger partial charge in [-0.15, -0.1) is 0 Å². The Morgan fingerprint density at radius 1 is 1.05 bits per heavy atom. The molecule has 2 aliphatic rings. The van der Waals surface area contributed by atoms with E-state index >= 15 is 0 Å². The van der Waals surface area contributed by atoms with Crippen molar-refractivity contribution in [1.29, 1.82) is 0 Å². The molecular formula is C18H36N2. The van der Waals surface area contributed by atoms with Crippen LogP contribution in [0.1, 0.15) is 66.2 Å². The normalized spacial score (nSPS) is 40.5. The fourth-order valence-corrected chi connectivity index (χ4v) is 4.51. The minimum atomic E-state index is 0.766. The summed E-state index contributed by atoms with van der Waals surface area (Å²) in [5, 5.41) is 3.77. The fraction of sp³-hybridized carbons (Fsp3) is 1.00. The molecule has 5 atom stereocenters. The summed E-state index contributed by atoms with van der Waals surface area (Å²) in [6, 6.07) is 1.54. The molecule has 20 heavy (non-hydrogen) atoms. The first-order chi connectivity index (χ1) is 9.61. The van der Waals surface area contributed by atoms with Crippen LogP contribution in [-0.4, -0.2) is 36.6 Å². The van der Waals surface area contributed by atoms with Crippen molar-refractivity contribution in [2.45, 2.75) is 78.3 Å². The van der Waals surface area contributed by atoms with Gasteiger partial charge in [0.25, 0.3) is 0 Å². The Hall–Kier alpha value is -0.0800. The van der Waals surface area contributed by atoms with Gasteiger partial charge in [0, 0.05) is 25.2 Å². The molecule has 1 saturated carbocycles. The minimum Gasteiger partial charge on any atom is -0.314 e. The van der Waals surface area contributed by atoms with Crippen LogP contribution in [0.3, 0.4) is 0 Å². The highest BCUT2D eigenvalue weighted by atomic mass is 15.2. The number of hydrogen-bond acceptors (Lipinski definition) is 2. The molecule has 1 saturated heterocycles. The molecule has 2 rings (SSSR count). The Balaban J connectivity index is 1.97. The van der Waals surface area contributed by atoms with Crippen LogP contribution in [0.4, 0.5) is 0 Å². The lowest BCUT2D eigenvalue weighted by atomic mass is 9.84. The molecule has 0 aromatic rings. The van der Waals surface area contributed by atoms with Crippen molar-refractivity contribution in [3.63, 3.8) is 0 Å². The molecule has 0 aromatic carbocycles. The van der Waals surface area contributed by atoms with E-state index in [1.165, 1.54) is 51.6 Å². The summed E-state index contributed by atoms with van der Waals surface area (Å²) in [7, 11) is 0.